The molecule has 2 N–H and O–H groups in total. The molecule has 96 valence electrons. The molecule has 16 heavy (non-hydrogen) atoms. The molecule has 1 fully saturated rings. The molecule has 0 amide bonds. The maximum absolute atomic E-state index is 11.7. The highest BCUT2D eigenvalue weighted by molar-refractivity contribution is 8.01. The van der Waals surface area contributed by atoms with E-state index in [9.17, 15) is 8.42 Å². The van der Waals surface area contributed by atoms with Crippen molar-refractivity contribution in [2.45, 2.75) is 30.9 Å². The molecule has 0 aliphatic carbocycles. The molecular weight excluding hydrogens is 244 g/mol. The van der Waals surface area contributed by atoms with Crippen molar-refractivity contribution >= 4 is 21.8 Å². The smallest absolute Gasteiger partial charge is 0.211 e. The van der Waals surface area contributed by atoms with Crippen molar-refractivity contribution in [2.75, 3.05) is 31.6 Å². The van der Waals surface area contributed by atoms with Gasteiger partial charge in [-0.2, -0.15) is 11.8 Å². The third kappa shape index (κ3) is 5.03. The van der Waals surface area contributed by atoms with Gasteiger partial charge < -0.3 is 5.32 Å². The summed E-state index contributed by atoms with van der Waals surface area (Å²) in [7, 11) is -1.25. The fourth-order valence-electron chi connectivity index (χ4n) is 1.75. The summed E-state index contributed by atoms with van der Waals surface area (Å²) in [6, 6.07) is 0. The van der Waals surface area contributed by atoms with E-state index in [0.29, 0.717) is 13.0 Å². The van der Waals surface area contributed by atoms with Crippen LogP contribution in [0.25, 0.3) is 0 Å². The van der Waals surface area contributed by atoms with Crippen LogP contribution in [0, 0.1) is 0 Å². The maximum Gasteiger partial charge on any atom is 0.211 e. The fraction of sp³-hybridized carbons (Fsp3) is 1.00. The molecular formula is C10H22N2O2S2. The minimum absolute atomic E-state index is 0.107. The van der Waals surface area contributed by atoms with Gasteiger partial charge in [0, 0.05) is 11.3 Å². The quantitative estimate of drug-likeness (QED) is 0.669. The monoisotopic (exact) mass is 266 g/mol. The van der Waals surface area contributed by atoms with E-state index in [0.717, 1.165) is 18.7 Å². The van der Waals surface area contributed by atoms with Gasteiger partial charge in [-0.25, -0.2) is 13.1 Å². The molecule has 1 atom stereocenters. The molecule has 4 nitrogen and oxygen atoms in total. The van der Waals surface area contributed by atoms with Crippen molar-refractivity contribution in [3.63, 3.8) is 0 Å². The van der Waals surface area contributed by atoms with E-state index in [-0.39, 0.29) is 10.5 Å². The lowest BCUT2D eigenvalue weighted by Crippen LogP contribution is -2.38. The molecule has 0 aromatic heterocycles. The average molecular weight is 266 g/mol. The summed E-state index contributed by atoms with van der Waals surface area (Å²) in [6.07, 6.45) is 2.97. The zero-order valence-electron chi connectivity index (χ0n) is 10.1. The summed E-state index contributed by atoms with van der Waals surface area (Å²) < 4.78 is 26.1. The van der Waals surface area contributed by atoms with Crippen LogP contribution in [0.2, 0.25) is 0 Å². The molecule has 6 heteroatoms. The number of hydrogen-bond acceptors (Lipinski definition) is 4. The largest absolute Gasteiger partial charge is 0.320 e. The Bertz CT molecular complexity index is 298. The van der Waals surface area contributed by atoms with Crippen LogP contribution in [-0.2, 0) is 10.0 Å². The van der Waals surface area contributed by atoms with Gasteiger partial charge in [0.25, 0.3) is 0 Å². The maximum atomic E-state index is 11.7. The minimum Gasteiger partial charge on any atom is -0.320 e. The van der Waals surface area contributed by atoms with Gasteiger partial charge in [0.2, 0.25) is 10.0 Å². The molecule has 0 spiro atoms. The predicted molar refractivity (Wildman–Crippen MR) is 70.4 cm³/mol. The van der Waals surface area contributed by atoms with Crippen molar-refractivity contribution in [3.8, 4) is 0 Å². The third-order valence-electron chi connectivity index (χ3n) is 2.81. The second-order valence-corrected chi connectivity index (χ2v) is 8.11. The van der Waals surface area contributed by atoms with Crippen LogP contribution in [0.5, 0.6) is 0 Å². The SMILES string of the molecule is CNCCCS(=O)(=O)NCC1(C)CCCS1. The van der Waals surface area contributed by atoms with Crippen LogP contribution in [0.15, 0.2) is 0 Å². The van der Waals surface area contributed by atoms with Crippen LogP contribution in [0.1, 0.15) is 26.2 Å². The Morgan fingerprint density at radius 1 is 1.44 bits per heavy atom. The average Bonchev–Trinajstić information content (AvgIpc) is 2.64. The zero-order chi connectivity index (χ0) is 12.1. The minimum atomic E-state index is -3.08. The summed E-state index contributed by atoms with van der Waals surface area (Å²) in [5.74, 6) is 1.37. The lowest BCUT2D eigenvalue weighted by Gasteiger charge is -2.22. The predicted octanol–water partition coefficient (Wildman–Crippen LogP) is 0.801. The van der Waals surface area contributed by atoms with E-state index >= 15 is 0 Å². The standard InChI is InChI=1S/C10H22N2O2S2/c1-10(5-3-7-15-10)9-12-16(13,14)8-4-6-11-2/h11-12H,3-9H2,1-2H3. The number of sulfonamides is 1. The van der Waals surface area contributed by atoms with Crippen LogP contribution in [0.3, 0.4) is 0 Å². The molecule has 1 saturated heterocycles. The van der Waals surface area contributed by atoms with Crippen LogP contribution < -0.4 is 10.0 Å². The molecule has 1 aliphatic rings. The van der Waals surface area contributed by atoms with Gasteiger partial charge in [-0.1, -0.05) is 0 Å². The van der Waals surface area contributed by atoms with Gasteiger partial charge in [-0.15, -0.1) is 0 Å². The summed E-state index contributed by atoms with van der Waals surface area (Å²) in [5, 5.41) is 2.95. The van der Waals surface area contributed by atoms with Crippen LogP contribution in [-0.4, -0.2) is 44.8 Å². The van der Waals surface area contributed by atoms with Crippen molar-refractivity contribution < 1.29 is 8.42 Å². The molecule has 1 rings (SSSR count). The summed E-state index contributed by atoms with van der Waals surface area (Å²) >= 11 is 1.87. The van der Waals surface area contributed by atoms with Gasteiger partial charge in [0.1, 0.15) is 0 Å². The van der Waals surface area contributed by atoms with Crippen molar-refractivity contribution in [1.82, 2.24) is 10.0 Å². The molecule has 1 unspecified atom stereocenters. The molecule has 0 aromatic rings. The second-order valence-electron chi connectivity index (χ2n) is 4.50. The summed E-state index contributed by atoms with van der Waals surface area (Å²) in [4.78, 5) is 0. The highest BCUT2D eigenvalue weighted by atomic mass is 32.2. The third-order valence-corrected chi connectivity index (χ3v) is 5.75. The van der Waals surface area contributed by atoms with Gasteiger partial charge in [-0.05, 0) is 45.5 Å². The van der Waals surface area contributed by atoms with Gasteiger partial charge in [-0.3, -0.25) is 0 Å². The Balaban J connectivity index is 2.30. The lowest BCUT2D eigenvalue weighted by atomic mass is 10.1. The van der Waals surface area contributed by atoms with Gasteiger partial charge in [0.15, 0.2) is 0 Å². The Kier molecular flexibility index (Phi) is 5.56. The van der Waals surface area contributed by atoms with Crippen molar-refractivity contribution in [2.24, 2.45) is 0 Å². The van der Waals surface area contributed by atoms with E-state index < -0.39 is 10.0 Å². The van der Waals surface area contributed by atoms with Crippen LogP contribution in [0.4, 0.5) is 0 Å². The number of rotatable bonds is 7. The zero-order valence-corrected chi connectivity index (χ0v) is 11.7. The number of hydrogen-bond donors (Lipinski definition) is 2. The number of nitrogens with one attached hydrogen (secondary N) is 2. The van der Waals surface area contributed by atoms with E-state index in [4.69, 9.17) is 0 Å². The van der Waals surface area contributed by atoms with Crippen molar-refractivity contribution in [1.29, 1.82) is 0 Å². The van der Waals surface area contributed by atoms with E-state index in [1.165, 1.54) is 6.42 Å². The molecule has 0 bridgehead atoms. The highest BCUT2D eigenvalue weighted by Crippen LogP contribution is 2.37. The Morgan fingerprint density at radius 3 is 2.75 bits per heavy atom. The second kappa shape index (κ2) is 6.23. The first kappa shape index (κ1) is 14.3. The van der Waals surface area contributed by atoms with Crippen molar-refractivity contribution in [3.05, 3.63) is 0 Å². The van der Waals surface area contributed by atoms with Gasteiger partial charge >= 0.3 is 0 Å². The highest BCUT2D eigenvalue weighted by Gasteiger charge is 2.30. The Hall–Kier alpha value is 0.220. The first-order valence-electron chi connectivity index (χ1n) is 5.73. The summed E-state index contributed by atoms with van der Waals surface area (Å²) in [6.45, 7) is 3.45. The first-order chi connectivity index (χ1) is 7.47. The van der Waals surface area contributed by atoms with E-state index in [2.05, 4.69) is 17.0 Å². The van der Waals surface area contributed by atoms with Crippen LogP contribution >= 0.6 is 11.8 Å². The lowest BCUT2D eigenvalue weighted by molar-refractivity contribution is 0.550. The Morgan fingerprint density at radius 2 is 2.19 bits per heavy atom. The summed E-state index contributed by atoms with van der Waals surface area (Å²) in [5.41, 5.74) is 0. The number of thioether (sulfide) groups is 1. The fourth-order valence-corrected chi connectivity index (χ4v) is 4.29. The Labute approximate surface area is 103 Å². The first-order valence-corrected chi connectivity index (χ1v) is 8.37. The van der Waals surface area contributed by atoms with E-state index in [1.54, 1.807) is 0 Å². The topological polar surface area (TPSA) is 58.2 Å². The van der Waals surface area contributed by atoms with E-state index in [1.807, 2.05) is 18.8 Å². The molecule has 1 heterocycles. The van der Waals surface area contributed by atoms with Gasteiger partial charge in [0.05, 0.1) is 5.75 Å². The molecule has 0 saturated carbocycles. The molecule has 0 radical (unpaired) electrons. The normalized spacial score (nSPS) is 26.1. The molecule has 1 aliphatic heterocycles. The molecule has 0 aromatic carbocycles.